The number of nitrogens with one attached hydrogen (secondary N) is 1. The second kappa shape index (κ2) is 5.64. The van der Waals surface area contributed by atoms with Gasteiger partial charge < -0.3 is 10.2 Å². The fourth-order valence-corrected chi connectivity index (χ4v) is 4.60. The zero-order valence-electron chi connectivity index (χ0n) is 13.1. The van der Waals surface area contributed by atoms with E-state index in [1.807, 2.05) is 0 Å². The van der Waals surface area contributed by atoms with E-state index in [0.717, 1.165) is 19.6 Å². The lowest BCUT2D eigenvalue weighted by Crippen LogP contribution is -2.50. The Morgan fingerprint density at radius 1 is 1.15 bits per heavy atom. The van der Waals surface area contributed by atoms with E-state index in [4.69, 9.17) is 0 Å². The number of hydrogen-bond acceptors (Lipinski definition) is 3. The molecule has 0 aromatic carbocycles. The summed E-state index contributed by atoms with van der Waals surface area (Å²) < 4.78 is 0. The van der Waals surface area contributed by atoms with Crippen molar-refractivity contribution in [3.63, 3.8) is 0 Å². The quantitative estimate of drug-likeness (QED) is 0.831. The van der Waals surface area contributed by atoms with Crippen molar-refractivity contribution in [1.82, 2.24) is 15.1 Å². The van der Waals surface area contributed by atoms with Crippen LogP contribution in [0.25, 0.3) is 0 Å². The van der Waals surface area contributed by atoms with E-state index in [9.17, 15) is 4.79 Å². The van der Waals surface area contributed by atoms with Crippen LogP contribution in [0.2, 0.25) is 0 Å². The molecule has 0 bridgehead atoms. The standard InChI is InChI=1S/C16H29N3O/c1-11-6-7-12(2)19(11)13(3)16(20)18-9-14-5-4-8-17-15(14)10-18/h11-15,17H,4-10H2,1-3H3/t11?,12?,13?,14-,15+/m0/s1. The van der Waals surface area contributed by atoms with E-state index in [-0.39, 0.29) is 6.04 Å². The fraction of sp³-hybridized carbons (Fsp3) is 0.938. The van der Waals surface area contributed by atoms with Crippen LogP contribution >= 0.6 is 0 Å². The van der Waals surface area contributed by atoms with Crippen LogP contribution in [0.15, 0.2) is 0 Å². The Hall–Kier alpha value is -0.610. The number of rotatable bonds is 2. The van der Waals surface area contributed by atoms with Gasteiger partial charge in [-0.1, -0.05) is 0 Å². The molecule has 1 amide bonds. The van der Waals surface area contributed by atoms with Crippen LogP contribution in [-0.2, 0) is 4.79 Å². The van der Waals surface area contributed by atoms with Crippen molar-refractivity contribution in [2.45, 2.75) is 70.6 Å². The third-order valence-corrected chi connectivity index (χ3v) is 5.74. The lowest BCUT2D eigenvalue weighted by Gasteiger charge is -2.34. The monoisotopic (exact) mass is 279 g/mol. The molecule has 3 heterocycles. The zero-order chi connectivity index (χ0) is 14.3. The predicted octanol–water partition coefficient (Wildman–Crippen LogP) is 1.46. The molecule has 3 saturated heterocycles. The summed E-state index contributed by atoms with van der Waals surface area (Å²) in [5.41, 5.74) is 0. The number of fused-ring (bicyclic) bond motifs is 1. The van der Waals surface area contributed by atoms with Gasteiger partial charge in [0.05, 0.1) is 6.04 Å². The Morgan fingerprint density at radius 2 is 1.85 bits per heavy atom. The van der Waals surface area contributed by atoms with E-state index in [2.05, 4.69) is 35.9 Å². The number of amides is 1. The van der Waals surface area contributed by atoms with Crippen LogP contribution in [-0.4, -0.2) is 59.5 Å². The molecule has 4 nitrogen and oxygen atoms in total. The van der Waals surface area contributed by atoms with E-state index in [1.165, 1.54) is 25.7 Å². The highest BCUT2D eigenvalue weighted by Gasteiger charge is 2.41. The highest BCUT2D eigenvalue weighted by atomic mass is 16.2. The highest BCUT2D eigenvalue weighted by Crippen LogP contribution is 2.29. The maximum atomic E-state index is 12.8. The van der Waals surface area contributed by atoms with Gasteiger partial charge in [-0.2, -0.15) is 0 Å². The van der Waals surface area contributed by atoms with Crippen LogP contribution in [0.4, 0.5) is 0 Å². The molecule has 0 aromatic heterocycles. The van der Waals surface area contributed by atoms with E-state index in [1.54, 1.807) is 0 Å². The summed E-state index contributed by atoms with van der Waals surface area (Å²) in [5.74, 6) is 1.04. The molecule has 0 spiro atoms. The molecule has 4 heteroatoms. The van der Waals surface area contributed by atoms with Crippen LogP contribution in [0.3, 0.4) is 0 Å². The van der Waals surface area contributed by atoms with Crippen LogP contribution in [0.1, 0.15) is 46.5 Å². The molecule has 3 unspecified atom stereocenters. The van der Waals surface area contributed by atoms with Crippen molar-refractivity contribution >= 4 is 5.91 Å². The first-order chi connectivity index (χ1) is 9.58. The van der Waals surface area contributed by atoms with Gasteiger partial charge in [0.15, 0.2) is 0 Å². The van der Waals surface area contributed by atoms with Crippen molar-refractivity contribution in [2.75, 3.05) is 19.6 Å². The van der Waals surface area contributed by atoms with E-state index in [0.29, 0.717) is 30.0 Å². The summed E-state index contributed by atoms with van der Waals surface area (Å²) in [6.45, 7) is 9.65. The molecule has 0 aliphatic carbocycles. The molecule has 3 aliphatic heterocycles. The van der Waals surface area contributed by atoms with Crippen LogP contribution in [0, 0.1) is 5.92 Å². The van der Waals surface area contributed by atoms with Gasteiger partial charge in [-0.05, 0) is 58.9 Å². The lowest BCUT2D eigenvalue weighted by molar-refractivity contribution is -0.136. The molecule has 3 fully saturated rings. The average molecular weight is 279 g/mol. The molecule has 1 N–H and O–H groups in total. The van der Waals surface area contributed by atoms with Crippen molar-refractivity contribution in [3.8, 4) is 0 Å². The van der Waals surface area contributed by atoms with Gasteiger partial charge in [0.1, 0.15) is 0 Å². The summed E-state index contributed by atoms with van der Waals surface area (Å²) in [5, 5.41) is 3.58. The zero-order valence-corrected chi connectivity index (χ0v) is 13.1. The summed E-state index contributed by atoms with van der Waals surface area (Å²) in [6, 6.07) is 1.69. The van der Waals surface area contributed by atoms with Gasteiger partial charge in [-0.25, -0.2) is 0 Å². The first-order valence-corrected chi connectivity index (χ1v) is 8.37. The second-order valence-electron chi connectivity index (χ2n) is 7.10. The van der Waals surface area contributed by atoms with Crippen molar-refractivity contribution in [2.24, 2.45) is 5.92 Å². The third-order valence-electron chi connectivity index (χ3n) is 5.74. The first kappa shape index (κ1) is 14.3. The van der Waals surface area contributed by atoms with Crippen molar-refractivity contribution in [3.05, 3.63) is 0 Å². The number of piperidine rings is 1. The molecule has 20 heavy (non-hydrogen) atoms. The molecule has 0 saturated carbocycles. The average Bonchev–Trinajstić information content (AvgIpc) is 3.01. The molecule has 3 aliphatic rings. The molecule has 3 rings (SSSR count). The summed E-state index contributed by atoms with van der Waals surface area (Å²) in [4.78, 5) is 17.4. The Morgan fingerprint density at radius 3 is 2.50 bits per heavy atom. The highest BCUT2D eigenvalue weighted by molar-refractivity contribution is 5.82. The van der Waals surface area contributed by atoms with Gasteiger partial charge in [0, 0.05) is 31.2 Å². The van der Waals surface area contributed by atoms with Crippen molar-refractivity contribution < 1.29 is 4.79 Å². The Balaban J connectivity index is 1.64. The predicted molar refractivity (Wildman–Crippen MR) is 80.6 cm³/mol. The summed E-state index contributed by atoms with van der Waals surface area (Å²) in [6.07, 6.45) is 5.00. The van der Waals surface area contributed by atoms with Crippen LogP contribution in [0.5, 0.6) is 0 Å². The lowest BCUT2D eigenvalue weighted by atomic mass is 9.94. The number of nitrogens with zero attached hydrogens (tertiary/aromatic N) is 2. The smallest absolute Gasteiger partial charge is 0.239 e. The molecule has 0 radical (unpaired) electrons. The SMILES string of the molecule is CC1CCC(C)N1C(C)C(=O)N1C[C@@H]2CCCN[C@@H]2C1. The van der Waals surface area contributed by atoms with Gasteiger partial charge in [-0.3, -0.25) is 9.69 Å². The number of likely N-dealkylation sites (tertiary alicyclic amines) is 2. The van der Waals surface area contributed by atoms with Crippen LogP contribution < -0.4 is 5.32 Å². The second-order valence-corrected chi connectivity index (χ2v) is 7.10. The summed E-state index contributed by atoms with van der Waals surface area (Å²) >= 11 is 0. The normalized spacial score (nSPS) is 39.9. The number of hydrogen-bond donors (Lipinski definition) is 1. The molecular formula is C16H29N3O. The minimum Gasteiger partial charge on any atom is -0.339 e. The van der Waals surface area contributed by atoms with E-state index < -0.39 is 0 Å². The van der Waals surface area contributed by atoms with Gasteiger partial charge in [-0.15, -0.1) is 0 Å². The summed E-state index contributed by atoms with van der Waals surface area (Å²) in [7, 11) is 0. The third kappa shape index (κ3) is 2.48. The van der Waals surface area contributed by atoms with Crippen molar-refractivity contribution in [1.29, 1.82) is 0 Å². The maximum absolute atomic E-state index is 12.8. The first-order valence-electron chi connectivity index (χ1n) is 8.37. The minimum atomic E-state index is 0.0441. The number of carbonyl (C=O) groups excluding carboxylic acids is 1. The largest absolute Gasteiger partial charge is 0.339 e. The Labute approximate surface area is 122 Å². The fourth-order valence-electron chi connectivity index (χ4n) is 4.60. The molecule has 114 valence electrons. The molecule has 0 aromatic rings. The minimum absolute atomic E-state index is 0.0441. The molecular weight excluding hydrogens is 250 g/mol. The molecule has 5 atom stereocenters. The Kier molecular flexibility index (Phi) is 4.04. The van der Waals surface area contributed by atoms with Gasteiger partial charge in [0.25, 0.3) is 0 Å². The Bertz CT molecular complexity index is 349. The maximum Gasteiger partial charge on any atom is 0.239 e. The number of carbonyl (C=O) groups is 1. The van der Waals surface area contributed by atoms with E-state index >= 15 is 0 Å². The van der Waals surface area contributed by atoms with Gasteiger partial charge in [0.2, 0.25) is 5.91 Å². The topological polar surface area (TPSA) is 35.6 Å². The van der Waals surface area contributed by atoms with Gasteiger partial charge >= 0.3 is 0 Å².